The molecule has 2 aliphatic rings. The number of nitrogens with one attached hydrogen (secondary N) is 1. The maximum atomic E-state index is 11.7. The van der Waals surface area contributed by atoms with Gasteiger partial charge in [-0.25, -0.2) is 9.97 Å². The number of aryl methyl sites for hydroxylation is 1. The minimum Gasteiger partial charge on any atom is -0.390 e. The van der Waals surface area contributed by atoms with Crippen LogP contribution in [0.4, 0.5) is 5.82 Å². The van der Waals surface area contributed by atoms with Crippen molar-refractivity contribution < 1.29 is 15.0 Å². The summed E-state index contributed by atoms with van der Waals surface area (Å²) in [6.07, 6.45) is 4.23. The fraction of sp³-hybridized carbons (Fsp3) is 0.409. The number of nitrogens with two attached hydrogens (primary N) is 1. The molecule has 0 radical (unpaired) electrons. The highest BCUT2D eigenvalue weighted by Gasteiger charge is 2.42. The number of fused-ring (bicyclic) bond motifs is 2. The molecule has 0 bridgehead atoms. The van der Waals surface area contributed by atoms with Crippen molar-refractivity contribution >= 4 is 22.8 Å². The second-order valence-corrected chi connectivity index (χ2v) is 8.36. The SMILES string of the molecule is Nc1ncnc2c1ccn2[C@@H]1C[C@H](CCc2ccc3c(c2)CC(=O)NC3)[C@@H](O)[C@H]1O. The standard InChI is InChI=1S/C22H25N5O3/c23-21-16-5-6-27(22(16)26-11-25-21)17-8-13(19(29)20(17)30)3-1-12-2-4-14-10-24-18(28)9-15(14)7-12/h2,4-7,11,13,17,19-20,29-30H,1,3,8-10H2,(H,24,28)(H2,23,25,26)/t13-,17+,19+,20-/m0/s1. The third kappa shape index (κ3) is 3.22. The van der Waals surface area contributed by atoms with Gasteiger partial charge in [0.05, 0.1) is 24.0 Å². The molecule has 8 heteroatoms. The zero-order valence-corrected chi connectivity index (χ0v) is 16.5. The number of nitrogens with zero attached hydrogens (tertiary/aromatic N) is 3. The van der Waals surface area contributed by atoms with Crippen molar-refractivity contribution in [2.75, 3.05) is 5.73 Å². The summed E-state index contributed by atoms with van der Waals surface area (Å²) in [5.41, 5.74) is 10.00. The largest absolute Gasteiger partial charge is 0.390 e. The highest BCUT2D eigenvalue weighted by Crippen LogP contribution is 2.39. The fourth-order valence-corrected chi connectivity index (χ4v) is 4.87. The van der Waals surface area contributed by atoms with Crippen LogP contribution >= 0.6 is 0 Å². The first-order chi connectivity index (χ1) is 14.5. The van der Waals surface area contributed by atoms with Gasteiger partial charge in [0.2, 0.25) is 5.91 Å². The molecular formula is C22H25N5O3. The number of carbonyl (C=O) groups excluding carboxylic acids is 1. The Morgan fingerprint density at radius 1 is 1.17 bits per heavy atom. The maximum Gasteiger partial charge on any atom is 0.224 e. The summed E-state index contributed by atoms with van der Waals surface area (Å²) in [6.45, 7) is 0.586. The molecule has 1 aliphatic heterocycles. The van der Waals surface area contributed by atoms with Crippen LogP contribution in [0.5, 0.6) is 0 Å². The minimum atomic E-state index is -0.867. The van der Waals surface area contributed by atoms with Gasteiger partial charge in [0.1, 0.15) is 23.9 Å². The number of aliphatic hydroxyl groups is 2. The molecule has 3 heterocycles. The van der Waals surface area contributed by atoms with Crippen molar-refractivity contribution in [1.29, 1.82) is 0 Å². The van der Waals surface area contributed by atoms with Gasteiger partial charge in [-0.1, -0.05) is 18.2 Å². The zero-order chi connectivity index (χ0) is 20.8. The first-order valence-corrected chi connectivity index (χ1v) is 10.3. The van der Waals surface area contributed by atoms with E-state index in [9.17, 15) is 15.0 Å². The van der Waals surface area contributed by atoms with E-state index in [1.165, 1.54) is 6.33 Å². The Hall–Kier alpha value is -2.97. The summed E-state index contributed by atoms with van der Waals surface area (Å²) < 4.78 is 1.90. The van der Waals surface area contributed by atoms with E-state index in [1.807, 2.05) is 16.8 Å². The number of carbonyl (C=O) groups is 1. The van der Waals surface area contributed by atoms with Crippen LogP contribution in [-0.4, -0.2) is 42.9 Å². The monoisotopic (exact) mass is 407 g/mol. The van der Waals surface area contributed by atoms with Crippen LogP contribution in [0.3, 0.4) is 0 Å². The number of hydrogen-bond donors (Lipinski definition) is 4. The number of rotatable bonds is 4. The third-order valence-corrected chi connectivity index (χ3v) is 6.57. The predicted octanol–water partition coefficient (Wildman–Crippen LogP) is 1.10. The number of aromatic nitrogens is 3. The lowest BCUT2D eigenvalue weighted by Gasteiger charge is -2.19. The number of benzene rings is 1. The molecule has 4 atom stereocenters. The van der Waals surface area contributed by atoms with Crippen LogP contribution in [0, 0.1) is 5.92 Å². The molecule has 5 N–H and O–H groups in total. The van der Waals surface area contributed by atoms with E-state index >= 15 is 0 Å². The Morgan fingerprint density at radius 2 is 2.03 bits per heavy atom. The molecule has 5 rings (SSSR count). The van der Waals surface area contributed by atoms with Crippen LogP contribution in [0.25, 0.3) is 11.0 Å². The Bertz CT molecular complexity index is 1110. The summed E-state index contributed by atoms with van der Waals surface area (Å²) in [5, 5.41) is 25.0. The Labute approximate surface area is 173 Å². The quantitative estimate of drug-likeness (QED) is 0.513. The number of amides is 1. The predicted molar refractivity (Wildman–Crippen MR) is 111 cm³/mol. The van der Waals surface area contributed by atoms with Crippen LogP contribution in [0.1, 0.15) is 35.6 Å². The van der Waals surface area contributed by atoms with Crippen molar-refractivity contribution in [3.8, 4) is 0 Å². The molecule has 0 spiro atoms. The molecule has 30 heavy (non-hydrogen) atoms. The molecule has 0 unspecified atom stereocenters. The Balaban J connectivity index is 1.31. The van der Waals surface area contributed by atoms with Gasteiger partial charge >= 0.3 is 0 Å². The molecular weight excluding hydrogens is 382 g/mol. The average Bonchev–Trinajstić information content (AvgIpc) is 3.29. The van der Waals surface area contributed by atoms with Crippen LogP contribution in [0.15, 0.2) is 36.8 Å². The second kappa shape index (κ2) is 7.37. The highest BCUT2D eigenvalue weighted by atomic mass is 16.3. The Morgan fingerprint density at radius 3 is 2.90 bits per heavy atom. The van der Waals surface area contributed by atoms with E-state index in [0.717, 1.165) is 34.9 Å². The third-order valence-electron chi connectivity index (χ3n) is 6.57. The van der Waals surface area contributed by atoms with Crippen LogP contribution in [0.2, 0.25) is 0 Å². The van der Waals surface area contributed by atoms with E-state index in [1.54, 1.807) is 0 Å². The van der Waals surface area contributed by atoms with Gasteiger partial charge in [-0.2, -0.15) is 0 Å². The summed E-state index contributed by atoms with van der Waals surface area (Å²) in [4.78, 5) is 20.0. The first-order valence-electron chi connectivity index (χ1n) is 10.3. The van der Waals surface area contributed by atoms with Gasteiger partial charge in [-0.3, -0.25) is 4.79 Å². The number of hydrogen-bond acceptors (Lipinski definition) is 6. The smallest absolute Gasteiger partial charge is 0.224 e. The van der Waals surface area contributed by atoms with Gasteiger partial charge in [0.15, 0.2) is 0 Å². The van der Waals surface area contributed by atoms with Crippen molar-refractivity contribution in [3.05, 3.63) is 53.5 Å². The van der Waals surface area contributed by atoms with Gasteiger partial charge in [-0.15, -0.1) is 0 Å². The van der Waals surface area contributed by atoms with Crippen molar-refractivity contribution in [2.45, 2.75) is 50.5 Å². The van der Waals surface area contributed by atoms with Crippen LogP contribution in [-0.2, 0) is 24.2 Å². The van der Waals surface area contributed by atoms with Crippen molar-refractivity contribution in [1.82, 2.24) is 19.9 Å². The molecule has 0 saturated heterocycles. The number of aliphatic hydroxyl groups excluding tert-OH is 2. The van der Waals surface area contributed by atoms with E-state index in [-0.39, 0.29) is 17.9 Å². The molecule has 1 aromatic carbocycles. The van der Waals surface area contributed by atoms with Crippen molar-refractivity contribution in [3.63, 3.8) is 0 Å². The summed E-state index contributed by atoms with van der Waals surface area (Å²) in [6, 6.07) is 7.85. The number of anilines is 1. The van der Waals surface area contributed by atoms with Crippen LogP contribution < -0.4 is 11.1 Å². The summed E-state index contributed by atoms with van der Waals surface area (Å²) >= 11 is 0. The maximum absolute atomic E-state index is 11.7. The topological polar surface area (TPSA) is 126 Å². The minimum absolute atomic E-state index is 0.0269. The van der Waals surface area contributed by atoms with E-state index in [0.29, 0.717) is 30.9 Å². The molecule has 8 nitrogen and oxygen atoms in total. The van der Waals surface area contributed by atoms with Gasteiger partial charge in [0.25, 0.3) is 0 Å². The molecule has 1 amide bonds. The molecule has 3 aromatic rings. The van der Waals surface area contributed by atoms with Crippen molar-refractivity contribution in [2.24, 2.45) is 5.92 Å². The average molecular weight is 407 g/mol. The molecule has 156 valence electrons. The highest BCUT2D eigenvalue weighted by molar-refractivity contribution is 5.86. The molecule has 1 fully saturated rings. The lowest BCUT2D eigenvalue weighted by atomic mass is 9.92. The lowest BCUT2D eigenvalue weighted by Crippen LogP contribution is -2.30. The van der Waals surface area contributed by atoms with E-state index < -0.39 is 12.2 Å². The molecule has 1 saturated carbocycles. The van der Waals surface area contributed by atoms with Gasteiger partial charge in [-0.05, 0) is 47.9 Å². The first kappa shape index (κ1) is 19.0. The lowest BCUT2D eigenvalue weighted by molar-refractivity contribution is -0.121. The van der Waals surface area contributed by atoms with Gasteiger partial charge < -0.3 is 25.8 Å². The molecule has 1 aliphatic carbocycles. The summed E-state index contributed by atoms with van der Waals surface area (Å²) in [7, 11) is 0. The van der Waals surface area contributed by atoms with E-state index in [4.69, 9.17) is 5.73 Å². The number of nitrogen functional groups attached to an aromatic ring is 1. The van der Waals surface area contributed by atoms with E-state index in [2.05, 4.69) is 33.5 Å². The molecule has 2 aromatic heterocycles. The fourth-order valence-electron chi connectivity index (χ4n) is 4.87. The van der Waals surface area contributed by atoms with Gasteiger partial charge in [0, 0.05) is 12.7 Å². The second-order valence-electron chi connectivity index (χ2n) is 8.36. The normalized spacial score (nSPS) is 26.0. The zero-order valence-electron chi connectivity index (χ0n) is 16.5. The Kier molecular flexibility index (Phi) is 4.67. The summed E-state index contributed by atoms with van der Waals surface area (Å²) in [5.74, 6) is 0.436.